The van der Waals surface area contributed by atoms with E-state index in [2.05, 4.69) is 48.4 Å². The van der Waals surface area contributed by atoms with Gasteiger partial charge < -0.3 is 9.64 Å². The number of halogens is 1. The van der Waals surface area contributed by atoms with Crippen LogP contribution in [0.1, 0.15) is 39.9 Å². The molecule has 0 radical (unpaired) electrons. The second-order valence-corrected chi connectivity index (χ2v) is 11.6. The summed E-state index contributed by atoms with van der Waals surface area (Å²) in [5, 5.41) is 5.69. The Balaban J connectivity index is 1.34. The molecule has 0 spiro atoms. The maximum absolute atomic E-state index is 13.7. The number of carbonyl (C=O) groups excluding carboxylic acids is 1. The Morgan fingerprint density at radius 3 is 2.39 bits per heavy atom. The lowest BCUT2D eigenvalue weighted by Gasteiger charge is -2.35. The van der Waals surface area contributed by atoms with Crippen LogP contribution < -0.4 is 0 Å². The Labute approximate surface area is 239 Å². The molecule has 1 aliphatic carbocycles. The number of nitrogens with zero attached hydrogens (tertiary/aromatic N) is 3. The van der Waals surface area contributed by atoms with Crippen LogP contribution in [0.4, 0.5) is 4.39 Å². The van der Waals surface area contributed by atoms with E-state index in [1.165, 1.54) is 23.3 Å². The van der Waals surface area contributed by atoms with Gasteiger partial charge in [0, 0.05) is 36.6 Å². The maximum Gasteiger partial charge on any atom is 0.253 e. The van der Waals surface area contributed by atoms with Crippen LogP contribution in [0.2, 0.25) is 0 Å². The minimum absolute atomic E-state index is 0.0740. The molecular weight excluding hydrogens is 513 g/mol. The molecule has 7 rings (SSSR count). The molecule has 2 aliphatic rings. The highest BCUT2D eigenvalue weighted by Crippen LogP contribution is 2.60. The van der Waals surface area contributed by atoms with Gasteiger partial charge in [-0.15, -0.1) is 0 Å². The van der Waals surface area contributed by atoms with Gasteiger partial charge in [0.15, 0.2) is 0 Å². The number of hydrogen-bond acceptors (Lipinski definition) is 3. The Bertz CT molecular complexity index is 1730. The molecule has 5 nitrogen and oxygen atoms in total. The van der Waals surface area contributed by atoms with E-state index < -0.39 is 5.60 Å². The minimum atomic E-state index is -0.437. The number of aryl methyl sites for hydroxylation is 1. The largest absolute Gasteiger partial charge is 0.373 e. The summed E-state index contributed by atoms with van der Waals surface area (Å²) in [6.07, 6.45) is 3.49. The summed E-state index contributed by atoms with van der Waals surface area (Å²) in [5.74, 6) is 0.0227. The zero-order valence-electron chi connectivity index (χ0n) is 23.3. The quantitative estimate of drug-likeness (QED) is 0.244. The average molecular weight is 546 g/mol. The number of aromatic nitrogens is 2. The number of rotatable bonds is 5. The molecule has 1 saturated heterocycles. The molecule has 5 aromatic rings. The Hall–Kier alpha value is -4.29. The van der Waals surface area contributed by atoms with Crippen molar-refractivity contribution in [2.45, 2.75) is 30.8 Å². The number of hydrogen-bond donors (Lipinski definition) is 0. The summed E-state index contributed by atoms with van der Waals surface area (Å²) in [6, 6.07) is 30.9. The Kier molecular flexibility index (Phi) is 6.05. The predicted octanol–water partition coefficient (Wildman–Crippen LogP) is 6.82. The Morgan fingerprint density at radius 1 is 0.976 bits per heavy atom. The number of methoxy groups -OCH3 is 1. The van der Waals surface area contributed by atoms with E-state index in [0.29, 0.717) is 13.1 Å². The fourth-order valence-corrected chi connectivity index (χ4v) is 7.47. The zero-order chi connectivity index (χ0) is 28.2. The van der Waals surface area contributed by atoms with Gasteiger partial charge in [-0.3, -0.25) is 4.79 Å². The van der Waals surface area contributed by atoms with Gasteiger partial charge in [-0.25, -0.2) is 9.07 Å². The van der Waals surface area contributed by atoms with Gasteiger partial charge in [0.05, 0.1) is 23.0 Å². The monoisotopic (exact) mass is 545 g/mol. The van der Waals surface area contributed by atoms with Crippen molar-refractivity contribution in [2.75, 3.05) is 20.2 Å². The molecule has 41 heavy (non-hydrogen) atoms. The Morgan fingerprint density at radius 2 is 1.68 bits per heavy atom. The maximum atomic E-state index is 13.7. The van der Waals surface area contributed by atoms with Gasteiger partial charge in [0.25, 0.3) is 5.91 Å². The van der Waals surface area contributed by atoms with Crippen molar-refractivity contribution in [3.8, 4) is 5.69 Å². The van der Waals surface area contributed by atoms with E-state index >= 15 is 0 Å². The van der Waals surface area contributed by atoms with Crippen LogP contribution >= 0.6 is 0 Å². The highest BCUT2D eigenvalue weighted by molar-refractivity contribution is 5.94. The zero-order valence-corrected chi connectivity index (χ0v) is 23.3. The molecular formula is C35H32FN3O2. The van der Waals surface area contributed by atoms with Crippen LogP contribution in [0.3, 0.4) is 0 Å². The van der Waals surface area contributed by atoms with Crippen LogP contribution in [0, 0.1) is 18.7 Å². The second-order valence-electron chi connectivity index (χ2n) is 11.6. The lowest BCUT2D eigenvalue weighted by Crippen LogP contribution is -2.38. The van der Waals surface area contributed by atoms with E-state index in [9.17, 15) is 9.18 Å². The third kappa shape index (κ3) is 4.08. The van der Waals surface area contributed by atoms with E-state index in [1.54, 1.807) is 12.1 Å². The molecule has 6 heteroatoms. The van der Waals surface area contributed by atoms with Gasteiger partial charge in [-0.1, -0.05) is 48.5 Å². The molecule has 2 heterocycles. The van der Waals surface area contributed by atoms with Crippen LogP contribution in [-0.4, -0.2) is 40.8 Å². The summed E-state index contributed by atoms with van der Waals surface area (Å²) < 4.78 is 21.9. The number of amides is 1. The average Bonchev–Trinajstić information content (AvgIpc) is 3.67. The molecule has 1 aromatic heterocycles. The van der Waals surface area contributed by atoms with Gasteiger partial charge in [0.2, 0.25) is 0 Å². The molecule has 4 aromatic carbocycles. The molecule has 3 unspecified atom stereocenters. The van der Waals surface area contributed by atoms with Gasteiger partial charge in [-0.2, -0.15) is 5.10 Å². The topological polar surface area (TPSA) is 47.4 Å². The van der Waals surface area contributed by atoms with Crippen LogP contribution in [0.5, 0.6) is 0 Å². The fraction of sp³-hybridized carbons (Fsp3) is 0.257. The molecule has 0 bridgehead atoms. The lowest BCUT2D eigenvalue weighted by atomic mass is 9.72. The molecule has 1 saturated carbocycles. The number of ether oxygens (including phenoxy) is 1. The molecule has 206 valence electrons. The third-order valence-corrected chi connectivity index (χ3v) is 9.39. The third-order valence-electron chi connectivity index (χ3n) is 9.39. The summed E-state index contributed by atoms with van der Waals surface area (Å²) in [5.41, 5.74) is 5.36. The van der Waals surface area contributed by atoms with Crippen molar-refractivity contribution in [1.82, 2.24) is 14.7 Å². The normalized spacial score (nSPS) is 23.7. The van der Waals surface area contributed by atoms with Gasteiger partial charge in [0.1, 0.15) is 5.82 Å². The summed E-state index contributed by atoms with van der Waals surface area (Å²) >= 11 is 0. The van der Waals surface area contributed by atoms with Crippen LogP contribution in [0.25, 0.3) is 16.6 Å². The van der Waals surface area contributed by atoms with Crippen LogP contribution in [0.15, 0.2) is 103 Å². The number of benzene rings is 4. The van der Waals surface area contributed by atoms with E-state index in [-0.39, 0.29) is 23.1 Å². The van der Waals surface area contributed by atoms with Crippen molar-refractivity contribution in [1.29, 1.82) is 0 Å². The summed E-state index contributed by atoms with van der Waals surface area (Å²) in [4.78, 5) is 15.7. The minimum Gasteiger partial charge on any atom is -0.373 e. The van der Waals surface area contributed by atoms with Crippen molar-refractivity contribution >= 4 is 16.8 Å². The summed E-state index contributed by atoms with van der Waals surface area (Å²) in [6.45, 7) is 3.46. The van der Waals surface area contributed by atoms with Crippen molar-refractivity contribution in [3.05, 3.63) is 131 Å². The number of carbonyl (C=O) groups is 1. The van der Waals surface area contributed by atoms with Gasteiger partial charge in [-0.05, 0) is 90.9 Å². The first-order chi connectivity index (χ1) is 19.9. The van der Waals surface area contributed by atoms with Crippen LogP contribution in [-0.2, 0) is 15.8 Å². The second kappa shape index (κ2) is 9.67. The molecule has 2 fully saturated rings. The first kappa shape index (κ1) is 25.7. The highest BCUT2D eigenvalue weighted by atomic mass is 19.1. The number of fused-ring (bicyclic) bond motifs is 2. The summed E-state index contributed by atoms with van der Waals surface area (Å²) in [7, 11) is 1.82. The highest BCUT2D eigenvalue weighted by Gasteiger charge is 2.61. The van der Waals surface area contributed by atoms with E-state index in [4.69, 9.17) is 4.74 Å². The standard InChI is InChI=1S/C35H32FN3O2/c1-24-17-32-26(20-37-39(32)30-15-13-29(36)14-16-30)18-31(24)34-22-35(41-2,27-11-7-4-8-12-27)19-28(34)21-38(23-34)33(40)25-9-5-3-6-10-25/h3-18,20,28H,19,21-23H2,1-2H3. The lowest BCUT2D eigenvalue weighted by molar-refractivity contribution is -0.0195. The van der Waals surface area contributed by atoms with Gasteiger partial charge >= 0.3 is 0 Å². The van der Waals surface area contributed by atoms with Crippen molar-refractivity contribution in [2.24, 2.45) is 5.92 Å². The van der Waals surface area contributed by atoms with Crippen molar-refractivity contribution < 1.29 is 13.9 Å². The smallest absolute Gasteiger partial charge is 0.253 e. The predicted molar refractivity (Wildman–Crippen MR) is 158 cm³/mol. The first-order valence-corrected chi connectivity index (χ1v) is 14.1. The van der Waals surface area contributed by atoms with E-state index in [1.807, 2.05) is 59.3 Å². The fourth-order valence-electron chi connectivity index (χ4n) is 7.47. The van der Waals surface area contributed by atoms with E-state index in [0.717, 1.165) is 40.6 Å². The SMILES string of the molecule is COC1(c2ccccc2)CC2CN(C(=O)c3ccccc3)CC2(c2cc3cnn(-c4ccc(F)cc4)c3cc2C)C1. The first-order valence-electron chi connectivity index (χ1n) is 14.1. The number of likely N-dealkylation sites (tertiary alicyclic amines) is 1. The molecule has 3 atom stereocenters. The molecule has 0 N–H and O–H groups in total. The van der Waals surface area contributed by atoms with Crippen molar-refractivity contribution in [3.63, 3.8) is 0 Å². The molecule has 1 aliphatic heterocycles. The molecule has 1 amide bonds.